The Morgan fingerprint density at radius 1 is 0.897 bits per heavy atom. The van der Waals surface area contributed by atoms with Gasteiger partial charge in [0.1, 0.15) is 27.9 Å². The summed E-state index contributed by atoms with van der Waals surface area (Å²) in [5, 5.41) is 4.45. The van der Waals surface area contributed by atoms with Crippen LogP contribution in [0.3, 0.4) is 0 Å². The van der Waals surface area contributed by atoms with Crippen LogP contribution in [0.1, 0.15) is 19.8 Å². The van der Waals surface area contributed by atoms with Crippen LogP contribution < -0.4 is 9.47 Å². The smallest absolute Gasteiger partial charge is 0.222 e. The number of nitrogens with zero attached hydrogens (tertiary/aromatic N) is 1. The summed E-state index contributed by atoms with van der Waals surface area (Å²) in [4.78, 5) is 4.95. The predicted molar refractivity (Wildman–Crippen MR) is 121 cm³/mol. The van der Waals surface area contributed by atoms with Crippen molar-refractivity contribution in [3.05, 3.63) is 43.3 Å². The van der Waals surface area contributed by atoms with Gasteiger partial charge < -0.3 is 19.0 Å². The molecule has 1 aromatic carbocycles. The van der Waals surface area contributed by atoms with Crippen LogP contribution in [0.4, 0.5) is 0 Å². The lowest BCUT2D eigenvalue weighted by molar-refractivity contribution is 0.156. The van der Waals surface area contributed by atoms with Gasteiger partial charge in [-0.1, -0.05) is 74.8 Å². The van der Waals surface area contributed by atoms with Crippen molar-refractivity contribution in [1.29, 1.82) is 0 Å². The van der Waals surface area contributed by atoms with Gasteiger partial charge in [-0.05, 0) is 25.0 Å². The predicted octanol–water partition coefficient (Wildman–Crippen LogP) is 7.54. The van der Waals surface area contributed by atoms with Crippen molar-refractivity contribution >= 4 is 75.5 Å². The van der Waals surface area contributed by atoms with Crippen LogP contribution in [0, 0.1) is 0 Å². The Kier molecular flexibility index (Phi) is 13.8. The van der Waals surface area contributed by atoms with Crippen LogP contribution in [-0.2, 0) is 9.57 Å². The number of rotatable bonds is 12. The maximum atomic E-state index is 6.21. The van der Waals surface area contributed by atoms with Crippen molar-refractivity contribution < 1.29 is 19.0 Å². The van der Waals surface area contributed by atoms with Gasteiger partial charge in [0.15, 0.2) is 5.75 Å². The molecule has 1 rings (SSSR count). The minimum atomic E-state index is 0.119. The number of hydrogen-bond acceptors (Lipinski definition) is 5. The molecular weight excluding hydrogens is 507 g/mol. The molecule has 0 saturated carbocycles. The van der Waals surface area contributed by atoms with E-state index >= 15 is 0 Å². The van der Waals surface area contributed by atoms with Crippen LogP contribution >= 0.6 is 69.6 Å². The molecule has 29 heavy (non-hydrogen) atoms. The van der Waals surface area contributed by atoms with E-state index in [1.54, 1.807) is 19.1 Å². The van der Waals surface area contributed by atoms with Gasteiger partial charge in [0.25, 0.3) is 0 Å². The highest BCUT2D eigenvalue weighted by Gasteiger charge is 2.10. The zero-order chi connectivity index (χ0) is 21.6. The van der Waals surface area contributed by atoms with Gasteiger partial charge in [-0.15, -0.1) is 0 Å². The van der Waals surface area contributed by atoms with E-state index < -0.39 is 0 Å². The van der Waals surface area contributed by atoms with Gasteiger partial charge in [-0.2, -0.15) is 0 Å². The normalized spacial score (nSPS) is 10.9. The van der Waals surface area contributed by atoms with E-state index in [0.29, 0.717) is 40.7 Å². The molecule has 0 spiro atoms. The van der Waals surface area contributed by atoms with Crippen LogP contribution in [0.15, 0.2) is 38.4 Å². The molecule has 11 heteroatoms. The summed E-state index contributed by atoms with van der Waals surface area (Å²) in [6.07, 6.45) is 4.44. The molecule has 162 valence electrons. The van der Waals surface area contributed by atoms with Gasteiger partial charge in [-0.25, -0.2) is 0 Å². The SMILES string of the molecule is CC(=NOCC=C(Cl)Cl)OCCCCOc1c(Cl)cc(OCC=C(Cl)Cl)cc1Cl. The standard InChI is InChI=1S/C18H19Cl6NO4/c1-12(25-29-9-5-17(23)24)26-6-2-3-7-28-18-14(19)10-13(11-15(18)20)27-8-4-16(21)22/h4-5,10-11H,2-3,6-9H2,1H3. The molecule has 0 atom stereocenters. The first-order chi connectivity index (χ1) is 13.8. The number of benzene rings is 1. The molecule has 0 aliphatic carbocycles. The largest absolute Gasteiger partial charge is 0.490 e. The highest BCUT2D eigenvalue weighted by molar-refractivity contribution is 6.56. The summed E-state index contributed by atoms with van der Waals surface area (Å²) in [5.41, 5.74) is 0. The molecule has 0 aliphatic heterocycles. The number of halogens is 6. The molecule has 0 unspecified atom stereocenters. The molecule has 0 amide bonds. The van der Waals surface area contributed by atoms with E-state index in [0.717, 1.165) is 12.8 Å². The van der Waals surface area contributed by atoms with Gasteiger partial charge in [0.05, 0.1) is 23.3 Å². The van der Waals surface area contributed by atoms with E-state index in [4.69, 9.17) is 88.7 Å². The molecule has 0 radical (unpaired) electrons. The molecule has 0 heterocycles. The molecule has 1 aromatic rings. The fourth-order valence-corrected chi connectivity index (χ4v) is 2.64. The summed E-state index contributed by atoms with van der Waals surface area (Å²) < 4.78 is 16.7. The van der Waals surface area contributed by atoms with Crippen LogP contribution in [0.25, 0.3) is 0 Å². The molecule has 0 aliphatic rings. The lowest BCUT2D eigenvalue weighted by Crippen LogP contribution is -2.05. The van der Waals surface area contributed by atoms with Gasteiger partial charge in [-0.3, -0.25) is 0 Å². The summed E-state index contributed by atoms with van der Waals surface area (Å²) in [5.74, 6) is 1.27. The second-order valence-electron chi connectivity index (χ2n) is 5.32. The van der Waals surface area contributed by atoms with E-state index in [9.17, 15) is 0 Å². The highest BCUT2D eigenvalue weighted by atomic mass is 35.5. The molecule has 5 nitrogen and oxygen atoms in total. The average molecular weight is 526 g/mol. The fourth-order valence-electron chi connectivity index (χ4n) is 1.81. The Morgan fingerprint density at radius 2 is 1.48 bits per heavy atom. The monoisotopic (exact) mass is 523 g/mol. The Morgan fingerprint density at radius 3 is 2.10 bits per heavy atom. The Balaban J connectivity index is 2.31. The van der Waals surface area contributed by atoms with Gasteiger partial charge in [0, 0.05) is 19.1 Å². The first-order valence-electron chi connectivity index (χ1n) is 8.36. The zero-order valence-electron chi connectivity index (χ0n) is 15.4. The van der Waals surface area contributed by atoms with Gasteiger partial charge >= 0.3 is 0 Å². The molecule has 0 saturated heterocycles. The van der Waals surface area contributed by atoms with E-state index in [1.165, 1.54) is 12.2 Å². The summed E-state index contributed by atoms with van der Waals surface area (Å²) in [6, 6.07) is 3.21. The third-order valence-corrected chi connectivity index (χ3v) is 4.24. The Labute approximate surface area is 200 Å². The lowest BCUT2D eigenvalue weighted by Gasteiger charge is -2.12. The van der Waals surface area contributed by atoms with Crippen molar-refractivity contribution in [3.8, 4) is 11.5 Å². The van der Waals surface area contributed by atoms with E-state index in [1.807, 2.05) is 0 Å². The van der Waals surface area contributed by atoms with E-state index in [2.05, 4.69) is 5.16 Å². The maximum Gasteiger partial charge on any atom is 0.222 e. The Hall–Kier alpha value is -0.690. The highest BCUT2D eigenvalue weighted by Crippen LogP contribution is 2.37. The van der Waals surface area contributed by atoms with Crippen LogP contribution in [0.2, 0.25) is 10.0 Å². The number of hydrogen-bond donors (Lipinski definition) is 0. The third kappa shape index (κ3) is 12.6. The van der Waals surface area contributed by atoms with Crippen molar-refractivity contribution in [1.82, 2.24) is 0 Å². The summed E-state index contributed by atoms with van der Waals surface area (Å²) in [7, 11) is 0. The Bertz CT molecular complexity index is 708. The molecule has 0 N–H and O–H groups in total. The minimum Gasteiger partial charge on any atom is -0.490 e. The summed E-state index contributed by atoms with van der Waals surface area (Å²) >= 11 is 34.4. The van der Waals surface area contributed by atoms with E-state index in [-0.39, 0.29) is 22.2 Å². The van der Waals surface area contributed by atoms with Crippen LogP contribution in [-0.4, -0.2) is 32.3 Å². The number of ether oxygens (including phenoxy) is 3. The summed E-state index contributed by atoms with van der Waals surface area (Å²) in [6.45, 7) is 2.92. The first kappa shape index (κ1) is 26.3. The minimum absolute atomic E-state index is 0.119. The first-order valence-corrected chi connectivity index (χ1v) is 10.6. The molecule has 0 bridgehead atoms. The van der Waals surface area contributed by atoms with Crippen molar-refractivity contribution in [2.24, 2.45) is 5.16 Å². The maximum absolute atomic E-state index is 6.21. The lowest BCUT2D eigenvalue weighted by atomic mass is 10.3. The molecule has 0 fully saturated rings. The number of unbranched alkanes of at least 4 members (excludes halogenated alkanes) is 1. The molecular formula is C18H19Cl6NO4. The topological polar surface area (TPSA) is 49.3 Å². The van der Waals surface area contributed by atoms with Crippen molar-refractivity contribution in [2.75, 3.05) is 26.4 Å². The number of oxime groups is 1. The second-order valence-corrected chi connectivity index (χ2v) is 8.15. The van der Waals surface area contributed by atoms with Crippen molar-refractivity contribution in [3.63, 3.8) is 0 Å². The van der Waals surface area contributed by atoms with Crippen molar-refractivity contribution in [2.45, 2.75) is 19.8 Å². The zero-order valence-corrected chi connectivity index (χ0v) is 19.9. The second kappa shape index (κ2) is 15.2. The third-order valence-electron chi connectivity index (χ3n) is 3.06. The molecule has 0 aromatic heterocycles. The fraction of sp³-hybridized carbons (Fsp3) is 0.389. The quantitative estimate of drug-likeness (QED) is 0.122. The van der Waals surface area contributed by atoms with Gasteiger partial charge in [0.2, 0.25) is 5.90 Å². The van der Waals surface area contributed by atoms with Crippen LogP contribution in [0.5, 0.6) is 11.5 Å². The average Bonchev–Trinajstić information content (AvgIpc) is 2.63.